The molecular formula is C17H28O2. The van der Waals surface area contributed by atoms with E-state index in [4.69, 9.17) is 4.74 Å². The maximum atomic E-state index is 12.0. The molecule has 0 heterocycles. The van der Waals surface area contributed by atoms with Crippen LogP contribution in [0.1, 0.15) is 64.7 Å². The Balaban J connectivity index is 1.72. The third kappa shape index (κ3) is 3.61. The summed E-state index contributed by atoms with van der Waals surface area (Å²) in [5, 5.41) is 0. The molecule has 108 valence electrons. The number of rotatable bonds is 7. The zero-order chi connectivity index (χ0) is 13.7. The molecule has 2 aliphatic rings. The molecule has 2 heteroatoms. The molecule has 0 aromatic heterocycles. The van der Waals surface area contributed by atoms with Gasteiger partial charge in [0.15, 0.2) is 0 Å². The number of hydrogen-bond donors (Lipinski definition) is 0. The van der Waals surface area contributed by atoms with Gasteiger partial charge in [-0.25, -0.2) is 4.79 Å². The highest BCUT2D eigenvalue weighted by Gasteiger charge is 2.41. The average molecular weight is 264 g/mol. The molecule has 2 fully saturated rings. The molecule has 2 rings (SSSR count). The molecule has 0 spiro atoms. The van der Waals surface area contributed by atoms with E-state index in [0.29, 0.717) is 12.5 Å². The Hall–Kier alpha value is -0.790. The first-order valence-corrected chi connectivity index (χ1v) is 8.10. The fourth-order valence-corrected chi connectivity index (χ4v) is 3.93. The molecule has 0 N–H and O–H groups in total. The Morgan fingerprint density at radius 3 is 2.79 bits per heavy atom. The molecule has 0 radical (unpaired) electrons. The molecule has 2 aliphatic carbocycles. The fourth-order valence-electron chi connectivity index (χ4n) is 3.93. The summed E-state index contributed by atoms with van der Waals surface area (Å²) in [6, 6.07) is 0. The lowest BCUT2D eigenvalue weighted by atomic mass is 9.87. The Morgan fingerprint density at radius 2 is 2.00 bits per heavy atom. The van der Waals surface area contributed by atoms with E-state index >= 15 is 0 Å². The molecule has 0 amide bonds. The minimum Gasteiger partial charge on any atom is -0.462 e. The highest BCUT2D eigenvalue weighted by molar-refractivity contribution is 5.88. The summed E-state index contributed by atoms with van der Waals surface area (Å²) < 4.78 is 5.37. The predicted octanol–water partition coefficient (Wildman–Crippen LogP) is 4.49. The lowest BCUT2D eigenvalue weighted by molar-refractivity contribution is -0.139. The SMILES string of the molecule is C=C(C(=O)OCCCCCC)C1CCC2CCCC21. The Bertz CT molecular complexity index is 321. The topological polar surface area (TPSA) is 26.3 Å². The lowest BCUT2D eigenvalue weighted by Crippen LogP contribution is -2.19. The Labute approximate surface area is 117 Å². The van der Waals surface area contributed by atoms with Crippen molar-refractivity contribution in [1.29, 1.82) is 0 Å². The Morgan fingerprint density at radius 1 is 1.16 bits per heavy atom. The number of ether oxygens (including phenoxy) is 1. The first-order valence-electron chi connectivity index (χ1n) is 8.10. The van der Waals surface area contributed by atoms with Crippen LogP contribution in [0.3, 0.4) is 0 Å². The second-order valence-corrected chi connectivity index (χ2v) is 6.26. The summed E-state index contributed by atoms with van der Waals surface area (Å²) in [5.41, 5.74) is 0.755. The highest BCUT2D eigenvalue weighted by atomic mass is 16.5. The molecule has 2 saturated carbocycles. The van der Waals surface area contributed by atoms with Gasteiger partial charge in [0.25, 0.3) is 0 Å². The van der Waals surface area contributed by atoms with E-state index in [0.717, 1.165) is 36.7 Å². The second-order valence-electron chi connectivity index (χ2n) is 6.26. The zero-order valence-electron chi connectivity index (χ0n) is 12.3. The van der Waals surface area contributed by atoms with Crippen LogP contribution in [-0.2, 0) is 9.53 Å². The third-order valence-electron chi connectivity index (χ3n) is 5.02. The van der Waals surface area contributed by atoms with Crippen molar-refractivity contribution in [2.75, 3.05) is 6.61 Å². The largest absolute Gasteiger partial charge is 0.462 e. The monoisotopic (exact) mass is 264 g/mol. The van der Waals surface area contributed by atoms with Crippen LogP contribution < -0.4 is 0 Å². The van der Waals surface area contributed by atoms with Gasteiger partial charge in [0.05, 0.1) is 6.61 Å². The van der Waals surface area contributed by atoms with Gasteiger partial charge in [0.1, 0.15) is 0 Å². The average Bonchev–Trinajstić information content (AvgIpc) is 2.99. The van der Waals surface area contributed by atoms with Crippen LogP contribution in [-0.4, -0.2) is 12.6 Å². The maximum Gasteiger partial charge on any atom is 0.333 e. The molecule has 0 saturated heterocycles. The van der Waals surface area contributed by atoms with Crippen molar-refractivity contribution in [3.8, 4) is 0 Å². The molecule has 3 unspecified atom stereocenters. The number of carbonyl (C=O) groups excluding carboxylic acids is 1. The van der Waals surface area contributed by atoms with Crippen molar-refractivity contribution in [2.45, 2.75) is 64.7 Å². The van der Waals surface area contributed by atoms with Crippen LogP contribution >= 0.6 is 0 Å². The highest BCUT2D eigenvalue weighted by Crippen LogP contribution is 2.49. The fraction of sp³-hybridized carbons (Fsp3) is 0.824. The standard InChI is InChI=1S/C17H28O2/c1-3-4-5-6-12-19-17(18)13(2)15-11-10-14-8-7-9-16(14)15/h14-16H,2-12H2,1H3. The summed E-state index contributed by atoms with van der Waals surface area (Å²) in [6.45, 7) is 6.79. The van der Waals surface area contributed by atoms with Crippen molar-refractivity contribution in [2.24, 2.45) is 17.8 Å². The van der Waals surface area contributed by atoms with Crippen LogP contribution in [0.5, 0.6) is 0 Å². The first-order chi connectivity index (χ1) is 9.24. The van der Waals surface area contributed by atoms with Crippen molar-refractivity contribution in [1.82, 2.24) is 0 Å². The van der Waals surface area contributed by atoms with Crippen LogP contribution in [0, 0.1) is 17.8 Å². The van der Waals surface area contributed by atoms with E-state index < -0.39 is 0 Å². The van der Waals surface area contributed by atoms with Gasteiger partial charge < -0.3 is 4.74 Å². The lowest BCUT2D eigenvalue weighted by Gasteiger charge is -2.19. The molecule has 0 aromatic carbocycles. The number of hydrogen-bond acceptors (Lipinski definition) is 2. The van der Waals surface area contributed by atoms with E-state index in [1.54, 1.807) is 0 Å². The summed E-state index contributed by atoms with van der Waals surface area (Å²) >= 11 is 0. The molecular weight excluding hydrogens is 236 g/mol. The van der Waals surface area contributed by atoms with Crippen molar-refractivity contribution in [3.63, 3.8) is 0 Å². The minimum absolute atomic E-state index is 0.131. The molecule has 0 aromatic rings. The van der Waals surface area contributed by atoms with Gasteiger partial charge in [-0.1, -0.05) is 45.6 Å². The number of unbranched alkanes of at least 4 members (excludes halogenated alkanes) is 3. The number of fused-ring (bicyclic) bond motifs is 1. The van der Waals surface area contributed by atoms with Crippen molar-refractivity contribution < 1.29 is 9.53 Å². The van der Waals surface area contributed by atoms with Crippen molar-refractivity contribution >= 4 is 5.97 Å². The summed E-state index contributed by atoms with van der Waals surface area (Å²) in [7, 11) is 0. The van der Waals surface area contributed by atoms with E-state index in [1.165, 1.54) is 38.5 Å². The minimum atomic E-state index is -0.131. The number of esters is 1. The van der Waals surface area contributed by atoms with E-state index in [2.05, 4.69) is 13.5 Å². The van der Waals surface area contributed by atoms with Crippen molar-refractivity contribution in [3.05, 3.63) is 12.2 Å². The second kappa shape index (κ2) is 7.12. The smallest absolute Gasteiger partial charge is 0.333 e. The van der Waals surface area contributed by atoms with Gasteiger partial charge in [-0.2, -0.15) is 0 Å². The van der Waals surface area contributed by atoms with E-state index in [-0.39, 0.29) is 5.97 Å². The Kier molecular flexibility index (Phi) is 5.47. The molecule has 0 aliphatic heterocycles. The van der Waals surface area contributed by atoms with Gasteiger partial charge in [-0.3, -0.25) is 0 Å². The third-order valence-corrected chi connectivity index (χ3v) is 5.02. The van der Waals surface area contributed by atoms with Gasteiger partial charge in [-0.15, -0.1) is 0 Å². The zero-order valence-corrected chi connectivity index (χ0v) is 12.3. The van der Waals surface area contributed by atoms with E-state index in [1.807, 2.05) is 0 Å². The van der Waals surface area contributed by atoms with Gasteiger partial charge in [-0.05, 0) is 43.4 Å². The van der Waals surface area contributed by atoms with E-state index in [9.17, 15) is 4.79 Å². The maximum absolute atomic E-state index is 12.0. The molecule has 3 atom stereocenters. The summed E-state index contributed by atoms with van der Waals surface area (Å²) in [5.74, 6) is 1.86. The molecule has 0 bridgehead atoms. The van der Waals surface area contributed by atoms with Crippen LogP contribution in [0.4, 0.5) is 0 Å². The predicted molar refractivity (Wildman–Crippen MR) is 77.8 cm³/mol. The van der Waals surface area contributed by atoms with Gasteiger partial charge >= 0.3 is 5.97 Å². The van der Waals surface area contributed by atoms with Gasteiger partial charge in [0, 0.05) is 5.57 Å². The normalized spacial score (nSPS) is 29.2. The summed E-state index contributed by atoms with van der Waals surface area (Å²) in [4.78, 5) is 12.0. The van der Waals surface area contributed by atoms with Crippen LogP contribution in [0.15, 0.2) is 12.2 Å². The first kappa shape index (κ1) is 14.6. The summed E-state index contributed by atoms with van der Waals surface area (Å²) in [6.07, 6.45) is 11.0. The molecule has 19 heavy (non-hydrogen) atoms. The quantitative estimate of drug-likeness (QED) is 0.384. The number of carbonyl (C=O) groups is 1. The van der Waals surface area contributed by atoms with Crippen LogP contribution in [0.25, 0.3) is 0 Å². The van der Waals surface area contributed by atoms with Gasteiger partial charge in [0.2, 0.25) is 0 Å². The van der Waals surface area contributed by atoms with Crippen LogP contribution in [0.2, 0.25) is 0 Å². The molecule has 2 nitrogen and oxygen atoms in total.